The summed E-state index contributed by atoms with van der Waals surface area (Å²) in [5.41, 5.74) is 0.899. The molecule has 184 valence electrons. The molecule has 0 aliphatic heterocycles. The fourth-order valence-corrected chi connectivity index (χ4v) is 6.50. The van der Waals surface area contributed by atoms with Gasteiger partial charge >= 0.3 is 5.97 Å². The van der Waals surface area contributed by atoms with E-state index < -0.39 is 27.4 Å². The highest BCUT2D eigenvalue weighted by molar-refractivity contribution is 7.89. The lowest BCUT2D eigenvalue weighted by atomic mass is 10.1. The second kappa shape index (κ2) is 9.50. The van der Waals surface area contributed by atoms with E-state index in [-0.39, 0.29) is 24.4 Å². The van der Waals surface area contributed by atoms with Crippen LogP contribution in [0, 0.1) is 0 Å². The normalized spacial score (nSPS) is 19.3. The largest absolute Gasteiger partial charge is 0.480 e. The third kappa shape index (κ3) is 4.41. The van der Waals surface area contributed by atoms with Crippen molar-refractivity contribution in [3.05, 3.63) is 102 Å². The molecule has 1 aliphatic carbocycles. The van der Waals surface area contributed by atoms with Crippen LogP contribution in [0.25, 0.3) is 11.1 Å². The number of hydrogen-bond donors (Lipinski definition) is 1. The first kappa shape index (κ1) is 24.2. The lowest BCUT2D eigenvalue weighted by Crippen LogP contribution is -2.49. The molecule has 0 bridgehead atoms. The Bertz CT molecular complexity index is 1460. The van der Waals surface area contributed by atoms with E-state index in [9.17, 15) is 18.3 Å². The van der Waals surface area contributed by atoms with Gasteiger partial charge in [-0.3, -0.25) is 4.79 Å². The van der Waals surface area contributed by atoms with Gasteiger partial charge in [-0.25, -0.2) is 8.42 Å². The Morgan fingerprint density at radius 1 is 0.972 bits per heavy atom. The fourth-order valence-electron chi connectivity index (χ4n) is 4.61. The standard InChI is InChI=1S/C26H23ClN4O4S/c27-22-10-6-19(7-11-22)20-8-12-23(13-9-20)36(34,35)30(16-17-31-28-14-15-29-31)26(25(32)33)18-24(26)21-4-2-1-3-5-21/h1-15,24H,16-18H2,(H,32,33)/t24-,26+/m0/s1. The quantitative estimate of drug-likeness (QED) is 0.351. The second-order valence-corrected chi connectivity index (χ2v) is 10.9. The van der Waals surface area contributed by atoms with Gasteiger partial charge in [0, 0.05) is 17.5 Å². The van der Waals surface area contributed by atoms with Crippen molar-refractivity contribution in [2.24, 2.45) is 0 Å². The predicted molar refractivity (Wildman–Crippen MR) is 135 cm³/mol. The maximum Gasteiger partial charge on any atom is 0.325 e. The Balaban J connectivity index is 1.52. The topological polar surface area (TPSA) is 105 Å². The first-order valence-electron chi connectivity index (χ1n) is 11.3. The molecule has 10 heteroatoms. The molecule has 36 heavy (non-hydrogen) atoms. The van der Waals surface area contributed by atoms with Gasteiger partial charge in [0.05, 0.1) is 23.8 Å². The molecule has 0 radical (unpaired) electrons. The van der Waals surface area contributed by atoms with Crippen molar-refractivity contribution in [3.8, 4) is 11.1 Å². The first-order valence-corrected chi connectivity index (χ1v) is 13.2. The SMILES string of the molecule is O=C(O)[C@@]1(N(CCn2nccn2)S(=O)(=O)c2ccc(-c3ccc(Cl)cc3)cc2)C[C@H]1c1ccccc1. The zero-order valence-corrected chi connectivity index (χ0v) is 20.7. The van der Waals surface area contributed by atoms with Crippen molar-refractivity contribution in [2.75, 3.05) is 6.54 Å². The number of sulfonamides is 1. The average Bonchev–Trinajstić information content (AvgIpc) is 3.42. The van der Waals surface area contributed by atoms with Gasteiger partial charge in [-0.2, -0.15) is 19.3 Å². The number of aromatic nitrogens is 3. The smallest absolute Gasteiger partial charge is 0.325 e. The number of benzene rings is 3. The van der Waals surface area contributed by atoms with E-state index in [0.29, 0.717) is 5.02 Å². The first-order chi connectivity index (χ1) is 17.3. The lowest BCUT2D eigenvalue weighted by molar-refractivity contribution is -0.143. The number of carboxylic acids is 1. The number of carbonyl (C=O) groups is 1. The molecule has 8 nitrogen and oxygen atoms in total. The third-order valence-electron chi connectivity index (χ3n) is 6.54. The molecule has 3 aromatic carbocycles. The van der Waals surface area contributed by atoms with Crippen molar-refractivity contribution in [3.63, 3.8) is 0 Å². The summed E-state index contributed by atoms with van der Waals surface area (Å²) >= 11 is 5.97. The van der Waals surface area contributed by atoms with Crippen molar-refractivity contribution in [1.82, 2.24) is 19.3 Å². The zero-order chi connectivity index (χ0) is 25.3. The van der Waals surface area contributed by atoms with E-state index in [2.05, 4.69) is 10.2 Å². The van der Waals surface area contributed by atoms with Crippen LogP contribution in [0.2, 0.25) is 5.02 Å². The molecule has 2 atom stereocenters. The van der Waals surface area contributed by atoms with E-state index in [0.717, 1.165) is 21.0 Å². The molecule has 1 aromatic heterocycles. The molecule has 0 unspecified atom stereocenters. The molecule has 1 saturated carbocycles. The number of rotatable bonds is 9. The van der Waals surface area contributed by atoms with Gasteiger partial charge in [0.2, 0.25) is 10.0 Å². The molecular weight excluding hydrogens is 500 g/mol. The average molecular weight is 523 g/mol. The minimum absolute atomic E-state index is 0.0213. The molecule has 5 rings (SSSR count). The summed E-state index contributed by atoms with van der Waals surface area (Å²) in [6.07, 6.45) is 3.16. The van der Waals surface area contributed by atoms with Crippen LogP contribution in [0.5, 0.6) is 0 Å². The summed E-state index contributed by atoms with van der Waals surface area (Å²) in [6, 6.07) is 22.8. The lowest BCUT2D eigenvalue weighted by Gasteiger charge is -2.29. The number of halogens is 1. The van der Waals surface area contributed by atoms with Crippen molar-refractivity contribution >= 4 is 27.6 Å². The highest BCUT2D eigenvalue weighted by atomic mass is 35.5. The van der Waals surface area contributed by atoms with Crippen LogP contribution in [0.4, 0.5) is 0 Å². The van der Waals surface area contributed by atoms with Crippen LogP contribution in [-0.2, 0) is 21.4 Å². The van der Waals surface area contributed by atoms with Crippen molar-refractivity contribution < 1.29 is 18.3 Å². The second-order valence-electron chi connectivity index (χ2n) is 8.63. The van der Waals surface area contributed by atoms with Gasteiger partial charge in [0.15, 0.2) is 0 Å². The molecule has 1 heterocycles. The molecule has 4 aromatic rings. The molecule has 0 amide bonds. The Kier molecular flexibility index (Phi) is 6.38. The van der Waals surface area contributed by atoms with Gasteiger partial charge in [0.1, 0.15) is 5.54 Å². The number of hydrogen-bond acceptors (Lipinski definition) is 5. The van der Waals surface area contributed by atoms with Crippen molar-refractivity contribution in [1.29, 1.82) is 0 Å². The summed E-state index contributed by atoms with van der Waals surface area (Å²) in [4.78, 5) is 14.0. The van der Waals surface area contributed by atoms with Crippen LogP contribution < -0.4 is 0 Å². The predicted octanol–water partition coefficient (Wildman–Crippen LogP) is 4.30. The van der Waals surface area contributed by atoms with Gasteiger partial charge in [-0.15, -0.1) is 0 Å². The monoisotopic (exact) mass is 522 g/mol. The maximum atomic E-state index is 13.9. The van der Waals surface area contributed by atoms with Crippen molar-refractivity contribution in [2.45, 2.75) is 29.3 Å². The Morgan fingerprint density at radius 3 is 2.14 bits per heavy atom. The van der Waals surface area contributed by atoms with E-state index in [4.69, 9.17) is 11.6 Å². The number of carboxylic acid groups (broad SMARTS) is 1. The molecular formula is C26H23ClN4O4S. The Morgan fingerprint density at radius 2 is 1.56 bits per heavy atom. The third-order valence-corrected chi connectivity index (χ3v) is 8.75. The Labute approximate surface area is 213 Å². The molecule has 1 N–H and O–H groups in total. The van der Waals surface area contributed by atoms with Gasteiger partial charge in [-0.1, -0.05) is 66.2 Å². The van der Waals surface area contributed by atoms with Crippen LogP contribution >= 0.6 is 11.6 Å². The van der Waals surface area contributed by atoms with E-state index in [1.165, 1.54) is 29.3 Å². The van der Waals surface area contributed by atoms with Crippen LogP contribution in [-0.4, -0.2) is 50.9 Å². The summed E-state index contributed by atoms with van der Waals surface area (Å²) in [6.45, 7) is 0.0250. The van der Waals surface area contributed by atoms with E-state index >= 15 is 0 Å². The van der Waals surface area contributed by atoms with E-state index in [1.54, 1.807) is 24.3 Å². The van der Waals surface area contributed by atoms with Gasteiger partial charge in [-0.05, 0) is 47.4 Å². The Hall–Kier alpha value is -3.53. The van der Waals surface area contributed by atoms with Gasteiger partial charge in [0.25, 0.3) is 0 Å². The molecule has 1 aliphatic rings. The van der Waals surface area contributed by atoms with E-state index in [1.807, 2.05) is 42.5 Å². The molecule has 1 fully saturated rings. The summed E-state index contributed by atoms with van der Waals surface area (Å²) < 4.78 is 29.0. The maximum absolute atomic E-state index is 13.9. The number of aliphatic carboxylic acids is 1. The fraction of sp³-hybridized carbons (Fsp3) is 0.192. The molecule has 0 saturated heterocycles. The highest BCUT2D eigenvalue weighted by Crippen LogP contribution is 2.57. The molecule has 0 spiro atoms. The summed E-state index contributed by atoms with van der Waals surface area (Å²) in [7, 11) is -4.18. The summed E-state index contributed by atoms with van der Waals surface area (Å²) in [5.74, 6) is -1.64. The minimum atomic E-state index is -4.18. The number of nitrogens with zero attached hydrogens (tertiary/aromatic N) is 4. The van der Waals surface area contributed by atoms with Crippen LogP contribution in [0.1, 0.15) is 17.9 Å². The summed E-state index contributed by atoms with van der Waals surface area (Å²) in [5, 5.41) is 19.0. The highest BCUT2D eigenvalue weighted by Gasteiger charge is 2.67. The minimum Gasteiger partial charge on any atom is -0.480 e. The zero-order valence-electron chi connectivity index (χ0n) is 19.1. The van der Waals surface area contributed by atoms with Crippen LogP contribution in [0.15, 0.2) is 96.2 Å². The van der Waals surface area contributed by atoms with Crippen LogP contribution in [0.3, 0.4) is 0 Å². The van der Waals surface area contributed by atoms with Gasteiger partial charge < -0.3 is 5.11 Å².